The molecule has 0 aromatic carbocycles. The van der Waals surface area contributed by atoms with Crippen molar-refractivity contribution in [3.8, 4) is 0 Å². The summed E-state index contributed by atoms with van der Waals surface area (Å²) in [6, 6.07) is 2.80. The number of amides is 2. The summed E-state index contributed by atoms with van der Waals surface area (Å²) >= 11 is 0. The number of H-pyrrole nitrogens is 1. The van der Waals surface area contributed by atoms with E-state index in [2.05, 4.69) is 25.3 Å². The Balaban J connectivity index is 0.000000300. The molecule has 154 valence electrons. The van der Waals surface area contributed by atoms with Gasteiger partial charge in [0.05, 0.1) is 11.8 Å². The molecular formula is C17H25FN6O4. The first-order chi connectivity index (χ1) is 13.0. The number of nitrogens with one attached hydrogen (secondary N) is 2. The van der Waals surface area contributed by atoms with E-state index in [0.717, 1.165) is 31.2 Å². The van der Waals surface area contributed by atoms with E-state index < -0.39 is 23.5 Å². The van der Waals surface area contributed by atoms with Crippen molar-refractivity contribution in [1.29, 1.82) is 0 Å². The van der Waals surface area contributed by atoms with Crippen LogP contribution in [0.2, 0.25) is 0 Å². The fraction of sp³-hybridized carbons (Fsp3) is 0.529. The molecule has 0 bridgehead atoms. The fourth-order valence-electron chi connectivity index (χ4n) is 2.52. The Morgan fingerprint density at radius 2 is 2.14 bits per heavy atom. The molecule has 11 heteroatoms. The first-order valence-corrected chi connectivity index (χ1v) is 8.71. The van der Waals surface area contributed by atoms with Crippen molar-refractivity contribution in [3.63, 3.8) is 0 Å². The summed E-state index contributed by atoms with van der Waals surface area (Å²) in [6.07, 6.45) is 1.22. The smallest absolute Gasteiger partial charge is 0.405 e. The summed E-state index contributed by atoms with van der Waals surface area (Å²) in [6.45, 7) is 6.02. The number of nitrogens with zero attached hydrogens (tertiary/aromatic N) is 3. The molecule has 10 nitrogen and oxygen atoms in total. The SMILES string of the molecule is CC(C)(C)OC(N)=O.Cn1nc(F)cc1C(=O)Nc1cc(C2CCCO2)[nH]n1. The first kappa shape index (κ1) is 21.4. The van der Waals surface area contributed by atoms with Crippen molar-refractivity contribution in [2.24, 2.45) is 12.8 Å². The minimum Gasteiger partial charge on any atom is -0.444 e. The molecule has 3 rings (SSSR count). The highest BCUT2D eigenvalue weighted by atomic mass is 19.1. The van der Waals surface area contributed by atoms with Crippen LogP contribution >= 0.6 is 0 Å². The predicted octanol–water partition coefficient (Wildman–Crippen LogP) is 2.27. The molecular weight excluding hydrogens is 371 g/mol. The number of anilines is 1. The van der Waals surface area contributed by atoms with E-state index in [4.69, 9.17) is 10.5 Å². The lowest BCUT2D eigenvalue weighted by Crippen LogP contribution is -2.27. The summed E-state index contributed by atoms with van der Waals surface area (Å²) in [5, 5.41) is 12.9. The van der Waals surface area contributed by atoms with E-state index >= 15 is 0 Å². The van der Waals surface area contributed by atoms with Gasteiger partial charge >= 0.3 is 6.09 Å². The van der Waals surface area contributed by atoms with Gasteiger partial charge in [-0.2, -0.15) is 9.49 Å². The Kier molecular flexibility index (Phi) is 6.73. The second-order valence-corrected chi connectivity index (χ2v) is 7.17. The summed E-state index contributed by atoms with van der Waals surface area (Å²) < 4.78 is 24.2. The molecule has 1 unspecified atom stereocenters. The van der Waals surface area contributed by atoms with Gasteiger partial charge in [-0.25, -0.2) is 4.79 Å². The number of carbonyl (C=O) groups excluding carboxylic acids is 2. The predicted molar refractivity (Wildman–Crippen MR) is 98.1 cm³/mol. The number of hydrogen-bond donors (Lipinski definition) is 3. The fourth-order valence-corrected chi connectivity index (χ4v) is 2.52. The van der Waals surface area contributed by atoms with Crippen LogP contribution in [0.4, 0.5) is 15.0 Å². The maximum atomic E-state index is 12.9. The van der Waals surface area contributed by atoms with Crippen LogP contribution in [0.25, 0.3) is 0 Å². The topological polar surface area (TPSA) is 137 Å². The number of carbonyl (C=O) groups is 2. The molecule has 2 aromatic heterocycles. The van der Waals surface area contributed by atoms with Crippen LogP contribution in [0.1, 0.15) is 55.9 Å². The Bertz CT molecular complexity index is 820. The molecule has 1 aliphatic rings. The largest absolute Gasteiger partial charge is 0.444 e. The number of ether oxygens (including phenoxy) is 2. The summed E-state index contributed by atoms with van der Waals surface area (Å²) in [7, 11) is 1.50. The van der Waals surface area contributed by atoms with Gasteiger partial charge in [-0.05, 0) is 33.6 Å². The van der Waals surface area contributed by atoms with Crippen molar-refractivity contribution in [2.45, 2.75) is 45.3 Å². The molecule has 0 spiro atoms. The number of primary amides is 1. The molecule has 0 aliphatic carbocycles. The van der Waals surface area contributed by atoms with E-state index in [0.29, 0.717) is 5.82 Å². The van der Waals surface area contributed by atoms with Crippen molar-refractivity contribution in [3.05, 3.63) is 29.5 Å². The number of aryl methyl sites for hydroxylation is 1. The van der Waals surface area contributed by atoms with Gasteiger partial charge in [0, 0.05) is 25.8 Å². The Hall–Kier alpha value is -2.95. The molecule has 4 N–H and O–H groups in total. The molecule has 2 amide bonds. The lowest BCUT2D eigenvalue weighted by atomic mass is 10.2. The van der Waals surface area contributed by atoms with Gasteiger partial charge in [0.1, 0.15) is 11.3 Å². The lowest BCUT2D eigenvalue weighted by Gasteiger charge is -2.16. The maximum absolute atomic E-state index is 12.9. The Morgan fingerprint density at radius 3 is 2.61 bits per heavy atom. The Labute approximate surface area is 161 Å². The highest BCUT2D eigenvalue weighted by Gasteiger charge is 2.21. The van der Waals surface area contributed by atoms with E-state index in [9.17, 15) is 14.0 Å². The van der Waals surface area contributed by atoms with E-state index in [1.807, 2.05) is 0 Å². The monoisotopic (exact) mass is 396 g/mol. The number of aromatic amines is 1. The average Bonchev–Trinajstić information content (AvgIpc) is 3.26. The van der Waals surface area contributed by atoms with E-state index in [-0.39, 0.29) is 11.8 Å². The molecule has 1 aliphatic heterocycles. The molecule has 2 aromatic rings. The minimum absolute atomic E-state index is 0.00213. The number of nitrogens with two attached hydrogens (primary N) is 1. The van der Waals surface area contributed by atoms with Crippen LogP contribution in [0.5, 0.6) is 0 Å². The van der Waals surface area contributed by atoms with Crippen LogP contribution in [-0.4, -0.2) is 44.2 Å². The zero-order valence-corrected chi connectivity index (χ0v) is 16.3. The molecule has 0 radical (unpaired) electrons. The molecule has 28 heavy (non-hydrogen) atoms. The average molecular weight is 396 g/mol. The van der Waals surface area contributed by atoms with Crippen molar-refractivity contribution >= 4 is 17.8 Å². The second-order valence-electron chi connectivity index (χ2n) is 7.17. The highest BCUT2D eigenvalue weighted by molar-refractivity contribution is 6.02. The van der Waals surface area contributed by atoms with Crippen LogP contribution in [-0.2, 0) is 16.5 Å². The number of aromatic nitrogens is 4. The maximum Gasteiger partial charge on any atom is 0.405 e. The molecule has 3 heterocycles. The van der Waals surface area contributed by atoms with E-state index in [1.165, 1.54) is 11.7 Å². The van der Waals surface area contributed by atoms with Crippen LogP contribution in [0.15, 0.2) is 12.1 Å². The standard InChI is InChI=1S/C12H14FN5O2.C5H11NO2/c1-18-8(6-10(13)17-18)12(19)14-11-5-7(15-16-11)9-3-2-4-20-9;1-5(2,3)8-4(6)7/h5-6,9H,2-4H2,1H3,(H2,14,15,16,19);1-3H3,(H2,6,7). The van der Waals surface area contributed by atoms with Gasteiger partial charge < -0.3 is 20.5 Å². The third-order valence-electron chi connectivity index (χ3n) is 3.61. The van der Waals surface area contributed by atoms with Crippen molar-refractivity contribution in [2.75, 3.05) is 11.9 Å². The van der Waals surface area contributed by atoms with Gasteiger partial charge in [-0.3, -0.25) is 14.6 Å². The van der Waals surface area contributed by atoms with Crippen LogP contribution in [0, 0.1) is 5.95 Å². The van der Waals surface area contributed by atoms with Crippen molar-refractivity contribution < 1.29 is 23.5 Å². The third-order valence-corrected chi connectivity index (χ3v) is 3.61. The van der Waals surface area contributed by atoms with Gasteiger partial charge in [0.15, 0.2) is 5.82 Å². The second kappa shape index (κ2) is 8.83. The Morgan fingerprint density at radius 1 is 1.43 bits per heavy atom. The number of rotatable bonds is 3. The summed E-state index contributed by atoms with van der Waals surface area (Å²) in [5.74, 6) is -0.781. The minimum atomic E-state index is -0.725. The van der Waals surface area contributed by atoms with Crippen molar-refractivity contribution in [1.82, 2.24) is 20.0 Å². The zero-order chi connectivity index (χ0) is 20.9. The quantitative estimate of drug-likeness (QED) is 0.728. The number of halogens is 1. The van der Waals surface area contributed by atoms with Gasteiger partial charge in [-0.1, -0.05) is 0 Å². The van der Waals surface area contributed by atoms with Gasteiger partial charge in [0.2, 0.25) is 5.95 Å². The highest BCUT2D eigenvalue weighted by Crippen LogP contribution is 2.28. The number of hydrogen-bond acceptors (Lipinski definition) is 6. The van der Waals surface area contributed by atoms with Crippen LogP contribution < -0.4 is 11.1 Å². The summed E-state index contributed by atoms with van der Waals surface area (Å²) in [4.78, 5) is 22.0. The first-order valence-electron chi connectivity index (χ1n) is 8.71. The van der Waals surface area contributed by atoms with Gasteiger partial charge in [0.25, 0.3) is 5.91 Å². The normalized spacial score (nSPS) is 16.2. The molecule has 1 fully saturated rings. The zero-order valence-electron chi connectivity index (χ0n) is 16.3. The van der Waals surface area contributed by atoms with E-state index in [1.54, 1.807) is 26.8 Å². The molecule has 1 atom stereocenters. The molecule has 0 saturated carbocycles. The summed E-state index contributed by atoms with van der Waals surface area (Å²) in [5.41, 5.74) is 5.22. The van der Waals surface area contributed by atoms with Crippen LogP contribution in [0.3, 0.4) is 0 Å². The lowest BCUT2D eigenvalue weighted by molar-refractivity contribution is 0.0600. The third kappa shape index (κ3) is 6.34. The molecule has 1 saturated heterocycles. The van der Waals surface area contributed by atoms with Gasteiger partial charge in [-0.15, -0.1) is 5.10 Å².